The molecule has 7 heteroatoms. The van der Waals surface area contributed by atoms with Crippen molar-refractivity contribution in [3.05, 3.63) is 127 Å². The van der Waals surface area contributed by atoms with Crippen molar-refractivity contribution >= 4 is 31.3 Å². The van der Waals surface area contributed by atoms with E-state index in [1.165, 1.54) is 4.44 Å². The first-order valence-electron chi connectivity index (χ1n) is 11.9. The zero-order valence-corrected chi connectivity index (χ0v) is 21.4. The molecule has 2 unspecified atom stereocenters. The number of hydrogen-bond donors (Lipinski definition) is 0. The number of para-hydroxylation sites is 3. The maximum Gasteiger partial charge on any atom is 0.383 e. The highest BCUT2D eigenvalue weighted by molar-refractivity contribution is 7.86. The molecule has 2 aliphatic heterocycles. The standard InChI is InChI=1S/C30H21NO4P2/c32-36(29-20-10-6-16-25(29)23-14-4-8-18-27(23)34-36)31(22-12-2-1-3-13-22)37(33)30-21-11-7-17-26(30)24-15-5-9-19-28(24)35-37/h1-21H. The van der Waals surface area contributed by atoms with Crippen molar-refractivity contribution < 1.29 is 18.2 Å². The molecule has 2 atom stereocenters. The molecule has 0 spiro atoms. The molecule has 0 N–H and O–H groups in total. The van der Waals surface area contributed by atoms with Crippen LogP contribution in [0, 0.1) is 0 Å². The van der Waals surface area contributed by atoms with E-state index in [2.05, 4.69) is 0 Å². The first-order chi connectivity index (χ1) is 18.1. The van der Waals surface area contributed by atoms with Crippen molar-refractivity contribution in [1.82, 2.24) is 0 Å². The van der Waals surface area contributed by atoms with Crippen molar-refractivity contribution in [1.29, 1.82) is 0 Å². The molecule has 0 bridgehead atoms. The van der Waals surface area contributed by atoms with Gasteiger partial charge in [-0.1, -0.05) is 91.0 Å². The predicted octanol–water partition coefficient (Wildman–Crippen LogP) is 7.65. The lowest BCUT2D eigenvalue weighted by atomic mass is 10.0. The summed E-state index contributed by atoms with van der Waals surface area (Å²) in [7, 11) is -8.05. The summed E-state index contributed by atoms with van der Waals surface area (Å²) in [6, 6.07) is 39.0. The lowest BCUT2D eigenvalue weighted by Gasteiger charge is -2.42. The van der Waals surface area contributed by atoms with E-state index >= 15 is 9.13 Å². The summed E-state index contributed by atoms with van der Waals surface area (Å²) in [4.78, 5) is 0. The van der Waals surface area contributed by atoms with E-state index in [9.17, 15) is 0 Å². The van der Waals surface area contributed by atoms with Gasteiger partial charge in [0.25, 0.3) is 0 Å². The fourth-order valence-corrected chi connectivity index (χ4v) is 11.2. The second-order valence-corrected chi connectivity index (χ2v) is 13.4. The van der Waals surface area contributed by atoms with Crippen molar-refractivity contribution in [3.8, 4) is 33.8 Å². The van der Waals surface area contributed by atoms with Gasteiger partial charge in [-0.2, -0.15) is 0 Å². The molecular weight excluding hydrogens is 500 g/mol. The topological polar surface area (TPSA) is 55.8 Å². The van der Waals surface area contributed by atoms with E-state index in [-0.39, 0.29) is 0 Å². The van der Waals surface area contributed by atoms with Gasteiger partial charge in [-0.25, -0.2) is 13.6 Å². The fraction of sp³-hybridized carbons (Fsp3) is 0. The number of benzene rings is 5. The second kappa shape index (κ2) is 8.24. The summed E-state index contributed by atoms with van der Waals surface area (Å²) in [6.45, 7) is 0. The maximum atomic E-state index is 15.4. The first kappa shape index (κ1) is 22.2. The van der Waals surface area contributed by atoms with Gasteiger partial charge in [0, 0.05) is 22.3 Å². The van der Waals surface area contributed by atoms with Crippen LogP contribution < -0.4 is 24.1 Å². The number of fused-ring (bicyclic) bond motifs is 6. The largest absolute Gasteiger partial charge is 0.425 e. The zero-order chi connectivity index (χ0) is 25.0. The Kier molecular flexibility index (Phi) is 4.94. The number of anilines is 1. The van der Waals surface area contributed by atoms with Gasteiger partial charge in [0.1, 0.15) is 11.5 Å². The number of rotatable bonds is 3. The molecule has 0 amide bonds. The molecule has 0 radical (unpaired) electrons. The average Bonchev–Trinajstić information content (AvgIpc) is 2.94. The Morgan fingerprint density at radius 2 is 0.811 bits per heavy atom. The summed E-state index contributed by atoms with van der Waals surface area (Å²) < 4.78 is 45.0. The molecular formula is C30H21NO4P2. The fourth-order valence-electron chi connectivity index (χ4n) is 5.10. The minimum atomic E-state index is -4.02. The predicted molar refractivity (Wildman–Crippen MR) is 148 cm³/mol. The molecule has 180 valence electrons. The molecule has 0 aromatic heterocycles. The second-order valence-electron chi connectivity index (χ2n) is 8.88. The highest BCUT2D eigenvalue weighted by Crippen LogP contribution is 2.71. The molecule has 0 fully saturated rings. The molecule has 5 aromatic carbocycles. The van der Waals surface area contributed by atoms with Crippen molar-refractivity contribution in [3.63, 3.8) is 0 Å². The van der Waals surface area contributed by atoms with E-state index in [0.29, 0.717) is 27.8 Å². The van der Waals surface area contributed by atoms with Crippen LogP contribution in [0.2, 0.25) is 0 Å². The summed E-state index contributed by atoms with van der Waals surface area (Å²) in [5, 5.41) is 0.959. The number of hydrogen-bond acceptors (Lipinski definition) is 4. The molecule has 0 saturated heterocycles. The van der Waals surface area contributed by atoms with Gasteiger partial charge in [0.05, 0.1) is 16.3 Å². The van der Waals surface area contributed by atoms with Crippen LogP contribution in [0.15, 0.2) is 127 Å². The monoisotopic (exact) mass is 521 g/mol. The van der Waals surface area contributed by atoms with Crippen LogP contribution in [-0.2, 0) is 9.13 Å². The highest BCUT2D eigenvalue weighted by Gasteiger charge is 2.54. The average molecular weight is 521 g/mol. The van der Waals surface area contributed by atoms with Gasteiger partial charge >= 0.3 is 15.0 Å². The van der Waals surface area contributed by atoms with Crippen molar-refractivity contribution in [2.45, 2.75) is 0 Å². The lowest BCUT2D eigenvalue weighted by molar-refractivity contribution is 0.475. The van der Waals surface area contributed by atoms with Gasteiger partial charge in [-0.15, -0.1) is 0 Å². The van der Waals surface area contributed by atoms with E-state index < -0.39 is 15.0 Å². The smallest absolute Gasteiger partial charge is 0.383 e. The summed E-state index contributed by atoms with van der Waals surface area (Å²) in [6.07, 6.45) is 0. The Hall–Kier alpha value is -4.04. The minimum absolute atomic E-state index is 0.475. The van der Waals surface area contributed by atoms with E-state index in [4.69, 9.17) is 9.05 Å². The third kappa shape index (κ3) is 3.25. The van der Waals surface area contributed by atoms with E-state index in [0.717, 1.165) is 22.3 Å². The third-order valence-corrected chi connectivity index (χ3v) is 12.5. The zero-order valence-electron chi connectivity index (χ0n) is 19.6. The van der Waals surface area contributed by atoms with Crippen LogP contribution in [0.5, 0.6) is 11.5 Å². The van der Waals surface area contributed by atoms with E-state index in [1.54, 1.807) is 36.4 Å². The van der Waals surface area contributed by atoms with E-state index in [1.807, 2.05) is 91.0 Å². The highest BCUT2D eigenvalue weighted by atomic mass is 31.2. The van der Waals surface area contributed by atoms with Crippen LogP contribution in [0.3, 0.4) is 0 Å². The number of nitrogens with zero attached hydrogens (tertiary/aromatic N) is 1. The Morgan fingerprint density at radius 3 is 1.30 bits per heavy atom. The van der Waals surface area contributed by atoms with Gasteiger partial charge in [0.2, 0.25) is 0 Å². The third-order valence-electron chi connectivity index (χ3n) is 6.70. The molecule has 2 aliphatic rings. The minimum Gasteiger partial charge on any atom is -0.425 e. The molecule has 2 heterocycles. The Bertz CT molecular complexity index is 1660. The molecule has 5 aromatic rings. The van der Waals surface area contributed by atoms with Gasteiger partial charge in [-0.3, -0.25) is 0 Å². The lowest BCUT2D eigenvalue weighted by Crippen LogP contribution is -2.36. The van der Waals surface area contributed by atoms with Crippen LogP contribution in [0.25, 0.3) is 22.3 Å². The van der Waals surface area contributed by atoms with Gasteiger partial charge in [0.15, 0.2) is 0 Å². The Labute approximate surface area is 215 Å². The summed E-state index contributed by atoms with van der Waals surface area (Å²) >= 11 is 0. The van der Waals surface area contributed by atoms with Crippen LogP contribution in [0.4, 0.5) is 5.69 Å². The first-order valence-corrected chi connectivity index (χ1v) is 15.1. The van der Waals surface area contributed by atoms with Gasteiger partial charge < -0.3 is 9.05 Å². The maximum absolute atomic E-state index is 15.4. The van der Waals surface area contributed by atoms with Crippen molar-refractivity contribution in [2.75, 3.05) is 4.44 Å². The summed E-state index contributed by atoms with van der Waals surface area (Å²) in [5.41, 5.74) is 3.73. The quantitative estimate of drug-likeness (QED) is 0.228. The van der Waals surface area contributed by atoms with Crippen molar-refractivity contribution in [2.24, 2.45) is 0 Å². The summed E-state index contributed by atoms with van der Waals surface area (Å²) in [5.74, 6) is 0.950. The molecule has 0 saturated carbocycles. The normalized spacial score (nSPS) is 20.8. The van der Waals surface area contributed by atoms with Crippen LogP contribution in [-0.4, -0.2) is 0 Å². The molecule has 7 rings (SSSR count). The molecule has 0 aliphatic carbocycles. The van der Waals surface area contributed by atoms with Crippen LogP contribution in [0.1, 0.15) is 0 Å². The van der Waals surface area contributed by atoms with Crippen LogP contribution >= 0.6 is 15.0 Å². The molecule has 37 heavy (non-hydrogen) atoms. The Morgan fingerprint density at radius 1 is 0.432 bits per heavy atom. The SMILES string of the molecule is O=P1(N(c2ccccc2)P2(=O)Oc3ccccc3-c3ccccc32)Oc2ccccc2-c2ccccc21. The van der Waals surface area contributed by atoms with Gasteiger partial charge in [-0.05, 0) is 36.4 Å². The molecule has 5 nitrogen and oxygen atoms in total. The Balaban J connectivity index is 1.54.